The van der Waals surface area contributed by atoms with Crippen LogP contribution in [0, 0.1) is 5.41 Å². The highest BCUT2D eigenvalue weighted by atomic mass is 35.5. The van der Waals surface area contributed by atoms with Gasteiger partial charge in [-0.2, -0.15) is 0 Å². The first kappa shape index (κ1) is 26.0. The molecule has 0 unspecified atom stereocenters. The Labute approximate surface area is 205 Å². The lowest BCUT2D eigenvalue weighted by atomic mass is 9.85. The van der Waals surface area contributed by atoms with E-state index in [9.17, 15) is 14.7 Å². The van der Waals surface area contributed by atoms with Gasteiger partial charge in [-0.05, 0) is 36.2 Å². The van der Waals surface area contributed by atoms with E-state index in [2.05, 4.69) is 5.32 Å². The van der Waals surface area contributed by atoms with Gasteiger partial charge in [0.15, 0.2) is 0 Å². The number of nitrogens with one attached hydrogen (secondary N) is 1. The first-order valence-electron chi connectivity index (χ1n) is 11.4. The number of nitrogens with zero attached hydrogens (tertiary/aromatic N) is 1. The number of carboxylic acid groups (broad SMARTS) is 1. The summed E-state index contributed by atoms with van der Waals surface area (Å²) >= 11 is 6.08. The van der Waals surface area contributed by atoms with Crippen LogP contribution >= 0.6 is 11.6 Å². The lowest BCUT2D eigenvalue weighted by Crippen LogP contribution is -2.52. The van der Waals surface area contributed by atoms with E-state index in [4.69, 9.17) is 21.4 Å². The summed E-state index contributed by atoms with van der Waals surface area (Å²) in [6.07, 6.45) is -1.03. The first-order valence-corrected chi connectivity index (χ1v) is 11.8. The Kier molecular flexibility index (Phi) is 8.57. The molecule has 3 rings (SSSR count). The van der Waals surface area contributed by atoms with Crippen LogP contribution in [0.2, 0.25) is 5.02 Å². The highest BCUT2D eigenvalue weighted by Gasteiger charge is 2.46. The Bertz CT molecular complexity index is 984. The molecule has 34 heavy (non-hydrogen) atoms. The third-order valence-electron chi connectivity index (χ3n) is 6.11. The number of aliphatic hydroxyl groups is 1. The fraction of sp³-hybridized carbons (Fsp3) is 0.462. The van der Waals surface area contributed by atoms with E-state index in [0.29, 0.717) is 23.7 Å². The van der Waals surface area contributed by atoms with Crippen LogP contribution in [0.3, 0.4) is 0 Å². The van der Waals surface area contributed by atoms with Crippen LogP contribution < -0.4 is 10.1 Å². The van der Waals surface area contributed by atoms with Crippen molar-refractivity contribution in [2.45, 2.75) is 63.9 Å². The normalized spacial score (nSPS) is 22.5. The lowest BCUT2D eigenvalue weighted by molar-refractivity contribution is -0.139. The summed E-state index contributed by atoms with van der Waals surface area (Å²) in [5.41, 5.74) is 0.402. The Morgan fingerprint density at radius 2 is 1.85 bits per heavy atom. The van der Waals surface area contributed by atoms with E-state index in [1.54, 1.807) is 38.1 Å². The monoisotopic (exact) mass is 488 g/mol. The van der Waals surface area contributed by atoms with E-state index < -0.39 is 29.6 Å². The zero-order valence-electron chi connectivity index (χ0n) is 19.8. The number of halogens is 1. The number of amides is 1. The molecule has 1 aliphatic carbocycles. The molecule has 0 bridgehead atoms. The average molecular weight is 489 g/mol. The fourth-order valence-corrected chi connectivity index (χ4v) is 4.85. The highest BCUT2D eigenvalue weighted by Crippen LogP contribution is 2.31. The minimum Gasteiger partial charge on any atom is -0.488 e. The van der Waals surface area contributed by atoms with Crippen molar-refractivity contribution in [1.82, 2.24) is 10.2 Å². The van der Waals surface area contributed by atoms with Gasteiger partial charge in [0.25, 0.3) is 0 Å². The van der Waals surface area contributed by atoms with E-state index in [0.717, 1.165) is 5.56 Å². The van der Waals surface area contributed by atoms with Crippen molar-refractivity contribution in [3.8, 4) is 5.75 Å². The molecule has 0 aliphatic heterocycles. The second-order valence-electron chi connectivity index (χ2n) is 9.82. The zero-order chi connectivity index (χ0) is 24.9. The molecule has 1 amide bonds. The first-order chi connectivity index (χ1) is 16.0. The molecule has 1 aliphatic rings. The summed E-state index contributed by atoms with van der Waals surface area (Å²) in [5.74, 6) is -0.634. The van der Waals surface area contributed by atoms with Crippen molar-refractivity contribution in [3.63, 3.8) is 0 Å². The number of likely N-dealkylation sites (N-methyl/N-ethyl adjacent to an activating group) is 1. The number of rotatable bonds is 10. The third-order valence-corrected chi connectivity index (χ3v) is 6.35. The molecule has 3 N–H and O–H groups in total. The second-order valence-corrected chi connectivity index (χ2v) is 10.3. The third kappa shape index (κ3) is 7.19. The van der Waals surface area contributed by atoms with Crippen LogP contribution in [0.4, 0.5) is 0 Å². The van der Waals surface area contributed by atoms with Crippen molar-refractivity contribution >= 4 is 23.5 Å². The number of hydrogen-bond acceptors (Lipinski definition) is 5. The van der Waals surface area contributed by atoms with Crippen molar-refractivity contribution in [2.75, 3.05) is 7.05 Å². The van der Waals surface area contributed by atoms with Gasteiger partial charge in [-0.25, -0.2) is 0 Å². The summed E-state index contributed by atoms with van der Waals surface area (Å²) in [7, 11) is 1.91. The summed E-state index contributed by atoms with van der Waals surface area (Å²) < 4.78 is 6.07. The molecular formula is C26H33ClN2O5. The highest BCUT2D eigenvalue weighted by molar-refractivity contribution is 6.30. The van der Waals surface area contributed by atoms with Gasteiger partial charge >= 0.3 is 5.97 Å². The molecule has 8 heteroatoms. The fourth-order valence-electron chi connectivity index (χ4n) is 4.67. The Balaban J connectivity index is 1.76. The second kappa shape index (κ2) is 11.2. The number of carbonyl (C=O) groups is 2. The Morgan fingerprint density at radius 1 is 1.15 bits per heavy atom. The van der Waals surface area contributed by atoms with Crippen LogP contribution in [-0.2, 0) is 16.1 Å². The average Bonchev–Trinajstić information content (AvgIpc) is 3.01. The molecule has 7 nitrogen and oxygen atoms in total. The maximum absolute atomic E-state index is 12.9. The molecule has 0 spiro atoms. The van der Waals surface area contributed by atoms with Crippen LogP contribution in [0.1, 0.15) is 38.7 Å². The lowest BCUT2D eigenvalue weighted by Gasteiger charge is -2.33. The minimum atomic E-state index is -0.940. The van der Waals surface area contributed by atoms with Crippen molar-refractivity contribution in [1.29, 1.82) is 0 Å². The summed E-state index contributed by atoms with van der Waals surface area (Å²) in [5, 5.41) is 23.9. The van der Waals surface area contributed by atoms with Gasteiger partial charge in [-0.1, -0.05) is 61.8 Å². The molecule has 4 atom stereocenters. The SMILES string of the molecule is CN(Cc1ccccc1)[C@@H]1[C@@H](O)[C@H](Oc2cccc(Cl)c2)C[C@H]1NC(=O)CC(C)(C)CC(=O)O. The Hall–Kier alpha value is -2.61. The molecule has 0 aromatic heterocycles. The van der Waals surface area contributed by atoms with Crippen LogP contribution in [0.5, 0.6) is 5.75 Å². The van der Waals surface area contributed by atoms with Gasteiger partial charge in [-0.3, -0.25) is 14.5 Å². The molecular weight excluding hydrogens is 456 g/mol. The summed E-state index contributed by atoms with van der Waals surface area (Å²) in [6, 6.07) is 16.1. The minimum absolute atomic E-state index is 0.0703. The van der Waals surface area contributed by atoms with E-state index in [1.165, 1.54) is 0 Å². The van der Waals surface area contributed by atoms with Gasteiger partial charge in [0, 0.05) is 24.4 Å². The van der Waals surface area contributed by atoms with Crippen molar-refractivity contribution in [3.05, 3.63) is 65.2 Å². The standard InChI is InChI=1S/C26H33ClN2O5/c1-26(2,15-23(31)32)14-22(30)28-20-13-21(34-19-11-7-10-18(27)12-19)25(33)24(20)29(3)16-17-8-5-4-6-9-17/h4-12,20-21,24-25,33H,13-16H2,1-3H3,(H,28,30)(H,31,32)/t20-,21-,24+,25+/m1/s1. The maximum Gasteiger partial charge on any atom is 0.303 e. The maximum atomic E-state index is 12.9. The van der Waals surface area contributed by atoms with Gasteiger partial charge in [0.05, 0.1) is 18.5 Å². The number of carboxylic acids is 1. The van der Waals surface area contributed by atoms with E-state index >= 15 is 0 Å². The van der Waals surface area contributed by atoms with Crippen molar-refractivity contribution < 1.29 is 24.5 Å². The van der Waals surface area contributed by atoms with Crippen LogP contribution in [0.15, 0.2) is 54.6 Å². The molecule has 0 saturated heterocycles. The van der Waals surface area contributed by atoms with Gasteiger partial charge in [0.2, 0.25) is 5.91 Å². The number of benzene rings is 2. The molecule has 1 fully saturated rings. The van der Waals surface area contributed by atoms with Crippen LogP contribution in [0.25, 0.3) is 0 Å². The predicted octanol–water partition coefficient (Wildman–Crippen LogP) is 3.73. The molecule has 1 saturated carbocycles. The number of ether oxygens (including phenoxy) is 1. The molecule has 2 aromatic carbocycles. The summed E-state index contributed by atoms with van der Waals surface area (Å²) in [4.78, 5) is 26.0. The topological polar surface area (TPSA) is 99.1 Å². The van der Waals surface area contributed by atoms with Gasteiger partial charge in [-0.15, -0.1) is 0 Å². The molecule has 2 aromatic rings. The number of aliphatic hydroxyl groups excluding tert-OH is 1. The molecule has 0 radical (unpaired) electrons. The van der Waals surface area contributed by atoms with Gasteiger partial charge < -0.3 is 20.3 Å². The Morgan fingerprint density at radius 3 is 2.50 bits per heavy atom. The van der Waals surface area contributed by atoms with Crippen LogP contribution in [-0.4, -0.2) is 58.3 Å². The zero-order valence-corrected chi connectivity index (χ0v) is 20.5. The van der Waals surface area contributed by atoms with Crippen molar-refractivity contribution in [2.24, 2.45) is 5.41 Å². The molecule has 0 heterocycles. The smallest absolute Gasteiger partial charge is 0.303 e. The number of carbonyl (C=O) groups excluding carboxylic acids is 1. The van der Waals surface area contributed by atoms with E-state index in [-0.39, 0.29) is 24.8 Å². The van der Waals surface area contributed by atoms with Gasteiger partial charge in [0.1, 0.15) is 18.0 Å². The number of hydrogen-bond donors (Lipinski definition) is 3. The largest absolute Gasteiger partial charge is 0.488 e. The summed E-state index contributed by atoms with van der Waals surface area (Å²) in [6.45, 7) is 4.10. The predicted molar refractivity (Wildman–Crippen MR) is 131 cm³/mol. The number of aliphatic carboxylic acids is 1. The molecule has 184 valence electrons. The van der Waals surface area contributed by atoms with E-state index in [1.807, 2.05) is 42.3 Å². The quantitative estimate of drug-likeness (QED) is 0.471.